The first-order valence-corrected chi connectivity index (χ1v) is 9.61. The van der Waals surface area contributed by atoms with Gasteiger partial charge in [-0.1, -0.05) is 84.4 Å². The highest BCUT2D eigenvalue weighted by atomic mass is 35.5. The van der Waals surface area contributed by atoms with Gasteiger partial charge in [0.2, 0.25) is 0 Å². The fourth-order valence-corrected chi connectivity index (χ4v) is 3.23. The number of hydrogen-bond donors (Lipinski definition) is 0. The summed E-state index contributed by atoms with van der Waals surface area (Å²) in [7, 11) is 0. The van der Waals surface area contributed by atoms with E-state index in [0.29, 0.717) is 0 Å². The molecule has 0 saturated heterocycles. The van der Waals surface area contributed by atoms with Crippen LogP contribution in [0.15, 0.2) is 109 Å². The molecule has 0 aliphatic carbocycles. The molecule has 2 heteroatoms. The molecule has 0 fully saturated rings. The molecule has 0 spiro atoms. The van der Waals surface area contributed by atoms with Gasteiger partial charge in [0, 0.05) is 22.1 Å². The number of rotatable bonds is 5. The van der Waals surface area contributed by atoms with Crippen molar-refractivity contribution in [3.63, 3.8) is 0 Å². The fourth-order valence-electron chi connectivity index (χ4n) is 3.10. The first kappa shape index (κ1) is 18.1. The van der Waals surface area contributed by atoms with Gasteiger partial charge in [0.25, 0.3) is 0 Å². The van der Waals surface area contributed by atoms with Crippen molar-refractivity contribution in [1.29, 1.82) is 0 Å². The first-order chi connectivity index (χ1) is 13.8. The van der Waals surface area contributed by atoms with Gasteiger partial charge in [-0.05, 0) is 59.7 Å². The Morgan fingerprint density at radius 2 is 0.857 bits per heavy atom. The number of halogens is 1. The van der Waals surface area contributed by atoms with Crippen molar-refractivity contribution in [2.24, 2.45) is 0 Å². The highest BCUT2D eigenvalue weighted by Gasteiger charge is 2.11. The van der Waals surface area contributed by atoms with Crippen LogP contribution in [0.3, 0.4) is 0 Å². The molecule has 0 radical (unpaired) electrons. The smallest absolute Gasteiger partial charge is 0.0462 e. The van der Waals surface area contributed by atoms with Gasteiger partial charge in [-0.15, -0.1) is 0 Å². The fraction of sp³-hybridized carbons (Fsp3) is 0. The van der Waals surface area contributed by atoms with Gasteiger partial charge in [-0.25, -0.2) is 0 Å². The summed E-state index contributed by atoms with van der Waals surface area (Å²) in [5, 5.41) is 0.753. The van der Waals surface area contributed by atoms with Crippen LogP contribution >= 0.6 is 11.6 Å². The zero-order valence-corrected chi connectivity index (χ0v) is 16.1. The van der Waals surface area contributed by atoms with E-state index >= 15 is 0 Å². The maximum absolute atomic E-state index is 5.95. The molecular weight excluding hydrogens is 362 g/mol. The topological polar surface area (TPSA) is 3.24 Å². The Morgan fingerprint density at radius 3 is 1.32 bits per heavy atom. The summed E-state index contributed by atoms with van der Waals surface area (Å²) in [4.78, 5) is 2.26. The van der Waals surface area contributed by atoms with E-state index in [9.17, 15) is 0 Å². The molecule has 0 atom stereocenters. The van der Waals surface area contributed by atoms with Crippen LogP contribution in [0, 0.1) is 0 Å². The third-order valence-corrected chi connectivity index (χ3v) is 4.77. The second-order valence-corrected chi connectivity index (χ2v) is 6.92. The van der Waals surface area contributed by atoms with Gasteiger partial charge in [0.1, 0.15) is 0 Å². The van der Waals surface area contributed by atoms with Crippen molar-refractivity contribution >= 4 is 40.8 Å². The molecule has 4 aromatic rings. The number of hydrogen-bond acceptors (Lipinski definition) is 1. The monoisotopic (exact) mass is 381 g/mol. The minimum Gasteiger partial charge on any atom is -0.311 e. The minimum atomic E-state index is 0.753. The van der Waals surface area contributed by atoms with Gasteiger partial charge in [0.15, 0.2) is 0 Å². The maximum atomic E-state index is 5.95. The van der Waals surface area contributed by atoms with Crippen molar-refractivity contribution in [3.05, 3.63) is 125 Å². The quantitative estimate of drug-likeness (QED) is 0.317. The lowest BCUT2D eigenvalue weighted by molar-refractivity contribution is 1.28. The summed E-state index contributed by atoms with van der Waals surface area (Å²) in [6.07, 6.45) is 4.21. The van der Waals surface area contributed by atoms with Gasteiger partial charge in [-0.3, -0.25) is 0 Å². The molecule has 0 N–H and O–H groups in total. The normalized spacial score (nSPS) is 10.9. The lowest BCUT2D eigenvalue weighted by atomic mass is 10.1. The zero-order valence-electron chi connectivity index (χ0n) is 15.4. The lowest BCUT2D eigenvalue weighted by Crippen LogP contribution is -2.09. The molecule has 0 aromatic heterocycles. The van der Waals surface area contributed by atoms with Crippen LogP contribution in [0.1, 0.15) is 11.1 Å². The largest absolute Gasteiger partial charge is 0.311 e. The molecule has 0 unspecified atom stereocenters. The maximum Gasteiger partial charge on any atom is 0.0462 e. The zero-order chi connectivity index (χ0) is 19.2. The molecule has 4 aromatic carbocycles. The Morgan fingerprint density at radius 1 is 0.464 bits per heavy atom. The highest BCUT2D eigenvalue weighted by molar-refractivity contribution is 6.30. The van der Waals surface area contributed by atoms with Crippen molar-refractivity contribution in [2.45, 2.75) is 0 Å². The molecule has 0 bridgehead atoms. The van der Waals surface area contributed by atoms with Crippen LogP contribution < -0.4 is 4.90 Å². The lowest BCUT2D eigenvalue weighted by Gasteiger charge is -2.25. The molecule has 0 aliphatic rings. The van der Waals surface area contributed by atoms with E-state index in [-0.39, 0.29) is 0 Å². The van der Waals surface area contributed by atoms with Gasteiger partial charge in [0.05, 0.1) is 0 Å². The average Bonchev–Trinajstić information content (AvgIpc) is 2.76. The summed E-state index contributed by atoms with van der Waals surface area (Å²) in [6.45, 7) is 0. The Hall–Kier alpha value is -3.29. The SMILES string of the molecule is Clc1ccc(/C=C/c2ccc(N(c3ccccc3)c3ccccc3)cc2)cc1. The Kier molecular flexibility index (Phi) is 5.56. The van der Waals surface area contributed by atoms with Crippen LogP contribution in [-0.4, -0.2) is 0 Å². The molecule has 0 aliphatic heterocycles. The summed E-state index contributed by atoms with van der Waals surface area (Å²) >= 11 is 5.95. The highest BCUT2D eigenvalue weighted by Crippen LogP contribution is 2.34. The van der Waals surface area contributed by atoms with E-state index in [1.165, 1.54) is 0 Å². The molecule has 0 saturated carbocycles. The van der Waals surface area contributed by atoms with Crippen molar-refractivity contribution in [1.82, 2.24) is 0 Å². The number of anilines is 3. The molecule has 136 valence electrons. The van der Waals surface area contributed by atoms with E-state index in [1.807, 2.05) is 36.4 Å². The number of benzene rings is 4. The standard InChI is InChI=1S/C26H20ClN/c27-23-17-13-21(14-18-23)11-12-22-15-19-26(20-16-22)28(24-7-3-1-4-8-24)25-9-5-2-6-10-25/h1-20H/b12-11+. The van der Waals surface area contributed by atoms with Crippen molar-refractivity contribution in [2.75, 3.05) is 4.90 Å². The molecule has 4 rings (SSSR count). The van der Waals surface area contributed by atoms with Gasteiger partial charge in [-0.2, -0.15) is 0 Å². The summed E-state index contributed by atoms with van der Waals surface area (Å²) in [5.41, 5.74) is 5.68. The van der Waals surface area contributed by atoms with E-state index in [1.54, 1.807) is 0 Å². The number of nitrogens with zero attached hydrogens (tertiary/aromatic N) is 1. The minimum absolute atomic E-state index is 0.753. The predicted molar refractivity (Wildman–Crippen MR) is 122 cm³/mol. The van der Waals surface area contributed by atoms with Gasteiger partial charge < -0.3 is 4.90 Å². The van der Waals surface area contributed by atoms with Gasteiger partial charge >= 0.3 is 0 Å². The average molecular weight is 382 g/mol. The van der Waals surface area contributed by atoms with E-state index in [4.69, 9.17) is 11.6 Å². The van der Waals surface area contributed by atoms with E-state index < -0.39 is 0 Å². The first-order valence-electron chi connectivity index (χ1n) is 9.23. The Bertz CT molecular complexity index is 998. The molecule has 0 heterocycles. The second-order valence-electron chi connectivity index (χ2n) is 6.48. The van der Waals surface area contributed by atoms with Crippen molar-refractivity contribution in [3.8, 4) is 0 Å². The van der Waals surface area contributed by atoms with Crippen LogP contribution in [-0.2, 0) is 0 Å². The second kappa shape index (κ2) is 8.60. The number of para-hydroxylation sites is 2. The molecular formula is C26H20ClN. The van der Waals surface area contributed by atoms with E-state index in [0.717, 1.165) is 33.2 Å². The predicted octanol–water partition coefficient (Wildman–Crippen LogP) is 7.98. The third kappa shape index (κ3) is 4.33. The Balaban J connectivity index is 1.62. The van der Waals surface area contributed by atoms with Crippen LogP contribution in [0.5, 0.6) is 0 Å². The molecule has 28 heavy (non-hydrogen) atoms. The van der Waals surface area contributed by atoms with Crippen LogP contribution in [0.4, 0.5) is 17.1 Å². The van der Waals surface area contributed by atoms with Crippen LogP contribution in [0.25, 0.3) is 12.2 Å². The molecule has 0 amide bonds. The van der Waals surface area contributed by atoms with Crippen LogP contribution in [0.2, 0.25) is 5.02 Å². The Labute approximate surface area is 171 Å². The molecule has 1 nitrogen and oxygen atoms in total. The third-order valence-electron chi connectivity index (χ3n) is 4.52. The van der Waals surface area contributed by atoms with E-state index in [2.05, 4.69) is 89.8 Å². The summed E-state index contributed by atoms with van der Waals surface area (Å²) in [6, 6.07) is 37.3. The summed E-state index contributed by atoms with van der Waals surface area (Å²) in [5.74, 6) is 0. The van der Waals surface area contributed by atoms with Crippen molar-refractivity contribution < 1.29 is 0 Å². The summed E-state index contributed by atoms with van der Waals surface area (Å²) < 4.78 is 0.